The van der Waals surface area contributed by atoms with E-state index in [2.05, 4.69) is 4.72 Å². The summed E-state index contributed by atoms with van der Waals surface area (Å²) in [6.07, 6.45) is 0. The molecule has 3 N–H and O–H groups in total. The number of nitrogen functional groups attached to an aromatic ring is 1. The molecular formula is C11H8ClN3O2S2. The highest BCUT2D eigenvalue weighted by Gasteiger charge is 2.19. The Morgan fingerprint density at radius 3 is 2.74 bits per heavy atom. The summed E-state index contributed by atoms with van der Waals surface area (Å²) in [5.41, 5.74) is 5.96. The van der Waals surface area contributed by atoms with E-state index in [0.29, 0.717) is 5.02 Å². The molecule has 0 unspecified atom stereocenters. The van der Waals surface area contributed by atoms with Crippen LogP contribution in [0.5, 0.6) is 0 Å². The molecule has 0 bridgehead atoms. The molecule has 0 saturated heterocycles. The van der Waals surface area contributed by atoms with Gasteiger partial charge in [-0.05, 0) is 29.6 Å². The zero-order chi connectivity index (χ0) is 14.0. The molecule has 0 aliphatic carbocycles. The van der Waals surface area contributed by atoms with Crippen LogP contribution in [0.3, 0.4) is 0 Å². The number of nitriles is 1. The van der Waals surface area contributed by atoms with Crippen LogP contribution in [0.25, 0.3) is 0 Å². The number of hydrogen-bond acceptors (Lipinski definition) is 5. The molecule has 5 nitrogen and oxygen atoms in total. The highest BCUT2D eigenvalue weighted by molar-refractivity contribution is 7.93. The number of benzene rings is 1. The fourth-order valence-corrected chi connectivity index (χ4v) is 3.78. The first-order chi connectivity index (χ1) is 8.94. The fraction of sp³-hybridized carbons (Fsp3) is 0. The van der Waals surface area contributed by atoms with E-state index in [1.165, 1.54) is 24.3 Å². The van der Waals surface area contributed by atoms with Crippen molar-refractivity contribution in [1.82, 2.24) is 0 Å². The summed E-state index contributed by atoms with van der Waals surface area (Å²) in [4.78, 5) is -0.0748. The van der Waals surface area contributed by atoms with Crippen molar-refractivity contribution >= 4 is 43.6 Å². The van der Waals surface area contributed by atoms with Gasteiger partial charge in [-0.1, -0.05) is 11.6 Å². The second kappa shape index (κ2) is 5.09. The van der Waals surface area contributed by atoms with Gasteiger partial charge in [0.2, 0.25) is 0 Å². The van der Waals surface area contributed by atoms with Crippen molar-refractivity contribution in [1.29, 1.82) is 5.26 Å². The van der Waals surface area contributed by atoms with Crippen molar-refractivity contribution in [3.05, 3.63) is 40.2 Å². The van der Waals surface area contributed by atoms with Gasteiger partial charge in [-0.3, -0.25) is 4.72 Å². The van der Waals surface area contributed by atoms with Crippen LogP contribution in [-0.2, 0) is 10.0 Å². The highest BCUT2D eigenvalue weighted by Crippen LogP contribution is 2.28. The van der Waals surface area contributed by atoms with Crippen LogP contribution in [0.1, 0.15) is 5.56 Å². The largest absolute Gasteiger partial charge is 0.398 e. The molecule has 0 atom stereocenters. The topological polar surface area (TPSA) is 96.0 Å². The molecule has 0 aliphatic heterocycles. The maximum absolute atomic E-state index is 12.2. The molecular weight excluding hydrogens is 306 g/mol. The number of thiophene rings is 1. The van der Waals surface area contributed by atoms with Crippen molar-refractivity contribution in [3.63, 3.8) is 0 Å². The summed E-state index contributed by atoms with van der Waals surface area (Å²) in [7, 11) is -3.84. The van der Waals surface area contributed by atoms with E-state index in [1.54, 1.807) is 5.38 Å². The molecule has 2 aromatic rings. The molecule has 19 heavy (non-hydrogen) atoms. The number of nitrogens with two attached hydrogens (primary N) is 1. The Labute approximate surface area is 119 Å². The standard InChI is InChI=1S/C11H8ClN3O2S2/c12-8-1-2-10(9(14)5-8)19(16,17)15-11-7(6-13)3-4-18-11/h1-5,15H,14H2. The Balaban J connectivity index is 2.41. The second-order valence-electron chi connectivity index (χ2n) is 3.56. The Bertz CT molecular complexity index is 762. The fourth-order valence-electron chi connectivity index (χ4n) is 1.42. The minimum absolute atomic E-state index is 0.0510. The van der Waals surface area contributed by atoms with Gasteiger partial charge in [-0.15, -0.1) is 11.3 Å². The first-order valence-electron chi connectivity index (χ1n) is 4.99. The maximum atomic E-state index is 12.2. The van der Waals surface area contributed by atoms with Crippen molar-refractivity contribution in [3.8, 4) is 6.07 Å². The van der Waals surface area contributed by atoms with E-state index < -0.39 is 10.0 Å². The molecule has 0 saturated carbocycles. The van der Waals surface area contributed by atoms with E-state index >= 15 is 0 Å². The van der Waals surface area contributed by atoms with Crippen LogP contribution in [-0.4, -0.2) is 8.42 Å². The maximum Gasteiger partial charge on any atom is 0.264 e. The first kappa shape index (κ1) is 13.7. The Morgan fingerprint density at radius 1 is 1.37 bits per heavy atom. The minimum atomic E-state index is -3.84. The average Bonchev–Trinajstić information content (AvgIpc) is 2.74. The zero-order valence-electron chi connectivity index (χ0n) is 9.42. The lowest BCUT2D eigenvalue weighted by atomic mass is 10.3. The second-order valence-corrected chi connectivity index (χ2v) is 6.57. The lowest BCUT2D eigenvalue weighted by molar-refractivity contribution is 0.601. The number of rotatable bonds is 3. The van der Waals surface area contributed by atoms with Crippen LogP contribution in [0.4, 0.5) is 10.7 Å². The summed E-state index contributed by atoms with van der Waals surface area (Å²) in [5, 5.41) is 11.1. The molecule has 1 heterocycles. The van der Waals surface area contributed by atoms with Crippen molar-refractivity contribution in [2.24, 2.45) is 0 Å². The summed E-state index contributed by atoms with van der Waals surface area (Å²) in [6, 6.07) is 7.55. The number of sulfonamides is 1. The molecule has 1 aromatic carbocycles. The lowest BCUT2D eigenvalue weighted by Crippen LogP contribution is -2.14. The van der Waals surface area contributed by atoms with Gasteiger partial charge in [-0.25, -0.2) is 8.42 Å². The smallest absolute Gasteiger partial charge is 0.264 e. The van der Waals surface area contributed by atoms with Gasteiger partial charge in [0.1, 0.15) is 16.0 Å². The first-order valence-corrected chi connectivity index (χ1v) is 7.73. The van der Waals surface area contributed by atoms with Crippen LogP contribution in [0.2, 0.25) is 5.02 Å². The van der Waals surface area contributed by atoms with Gasteiger partial charge in [0.05, 0.1) is 11.3 Å². The number of anilines is 2. The third-order valence-corrected chi connectivity index (χ3v) is 4.89. The number of nitrogens with one attached hydrogen (secondary N) is 1. The van der Waals surface area contributed by atoms with E-state index in [-0.39, 0.29) is 21.1 Å². The van der Waals surface area contributed by atoms with Gasteiger partial charge in [-0.2, -0.15) is 5.26 Å². The lowest BCUT2D eigenvalue weighted by Gasteiger charge is -2.09. The van der Waals surface area contributed by atoms with Gasteiger partial charge in [0, 0.05) is 5.02 Å². The minimum Gasteiger partial charge on any atom is -0.398 e. The highest BCUT2D eigenvalue weighted by atomic mass is 35.5. The molecule has 0 amide bonds. The van der Waals surface area contributed by atoms with Crippen LogP contribution in [0, 0.1) is 11.3 Å². The van der Waals surface area contributed by atoms with Crippen molar-refractivity contribution in [2.45, 2.75) is 4.90 Å². The Morgan fingerprint density at radius 2 is 2.11 bits per heavy atom. The quantitative estimate of drug-likeness (QED) is 0.851. The van der Waals surface area contributed by atoms with Gasteiger partial charge in [0.25, 0.3) is 10.0 Å². The molecule has 98 valence electrons. The van der Waals surface area contributed by atoms with E-state index in [4.69, 9.17) is 22.6 Å². The van der Waals surface area contributed by atoms with Crippen LogP contribution >= 0.6 is 22.9 Å². The molecule has 0 radical (unpaired) electrons. The third-order valence-electron chi connectivity index (χ3n) is 2.27. The number of halogens is 1. The monoisotopic (exact) mass is 313 g/mol. The average molecular weight is 314 g/mol. The molecule has 8 heteroatoms. The predicted molar refractivity (Wildman–Crippen MR) is 75.7 cm³/mol. The van der Waals surface area contributed by atoms with Crippen molar-refractivity contribution < 1.29 is 8.42 Å². The Kier molecular flexibility index (Phi) is 3.66. The predicted octanol–water partition coefficient (Wildman–Crippen LogP) is 2.66. The molecule has 0 spiro atoms. The molecule has 0 fully saturated rings. The molecule has 1 aromatic heterocycles. The third kappa shape index (κ3) is 2.81. The van der Waals surface area contributed by atoms with E-state index in [9.17, 15) is 8.42 Å². The van der Waals surface area contributed by atoms with Gasteiger partial charge in [0.15, 0.2) is 0 Å². The Hall–Kier alpha value is -1.75. The number of nitrogens with zero attached hydrogens (tertiary/aromatic N) is 1. The number of hydrogen-bond donors (Lipinski definition) is 2. The van der Waals surface area contributed by atoms with Crippen LogP contribution < -0.4 is 10.5 Å². The van der Waals surface area contributed by atoms with Gasteiger partial charge >= 0.3 is 0 Å². The summed E-state index contributed by atoms with van der Waals surface area (Å²) in [6.45, 7) is 0. The molecule has 0 aliphatic rings. The van der Waals surface area contributed by atoms with E-state index in [0.717, 1.165) is 11.3 Å². The molecule has 2 rings (SSSR count). The zero-order valence-corrected chi connectivity index (χ0v) is 11.8. The summed E-state index contributed by atoms with van der Waals surface area (Å²) >= 11 is 6.85. The normalized spacial score (nSPS) is 10.9. The van der Waals surface area contributed by atoms with E-state index in [1.807, 2.05) is 6.07 Å². The summed E-state index contributed by atoms with van der Waals surface area (Å²) in [5.74, 6) is 0. The SMILES string of the molecule is N#Cc1ccsc1NS(=O)(=O)c1ccc(Cl)cc1N. The van der Waals surface area contributed by atoms with Crippen LogP contribution in [0.15, 0.2) is 34.5 Å². The summed E-state index contributed by atoms with van der Waals surface area (Å²) < 4.78 is 26.7. The van der Waals surface area contributed by atoms with Crippen molar-refractivity contribution in [2.75, 3.05) is 10.5 Å². The van der Waals surface area contributed by atoms with Gasteiger partial charge < -0.3 is 5.73 Å².